The minimum absolute atomic E-state index is 0.215. The zero-order chi connectivity index (χ0) is 15.5. The Balaban J connectivity index is 2.25. The smallest absolute Gasteiger partial charge is 0.253 e. The van der Waals surface area contributed by atoms with Crippen LogP contribution in [0.1, 0.15) is 32.3 Å². The van der Waals surface area contributed by atoms with Crippen LogP contribution in [0.3, 0.4) is 0 Å². The molecule has 21 heavy (non-hydrogen) atoms. The van der Waals surface area contributed by atoms with Crippen molar-refractivity contribution in [2.45, 2.75) is 32.8 Å². The summed E-state index contributed by atoms with van der Waals surface area (Å²) in [6.45, 7) is 5.42. The van der Waals surface area contributed by atoms with Gasteiger partial charge in [-0.25, -0.2) is 0 Å². The number of hydrogen-bond acceptors (Lipinski definition) is 4. The fourth-order valence-electron chi connectivity index (χ4n) is 1.58. The van der Waals surface area contributed by atoms with Crippen LogP contribution in [0.4, 0.5) is 5.69 Å². The lowest BCUT2D eigenvalue weighted by Crippen LogP contribution is -2.28. The number of hydrogen-bond donors (Lipinski definition) is 1. The van der Waals surface area contributed by atoms with E-state index in [1.54, 1.807) is 31.2 Å². The Hall–Kier alpha value is -1.90. The molecule has 1 aromatic rings. The van der Waals surface area contributed by atoms with Gasteiger partial charge in [0, 0.05) is 12.3 Å². The largest absolute Gasteiger partial charge is 0.379 e. The number of nitriles is 1. The highest BCUT2D eigenvalue weighted by Crippen LogP contribution is 2.09. The summed E-state index contributed by atoms with van der Waals surface area (Å²) < 4.78 is 10.8. The second kappa shape index (κ2) is 9.92. The van der Waals surface area contributed by atoms with Gasteiger partial charge in [0.1, 0.15) is 6.10 Å². The molecule has 0 heterocycles. The molecule has 1 aromatic carbocycles. The van der Waals surface area contributed by atoms with Gasteiger partial charge in [0.2, 0.25) is 0 Å². The van der Waals surface area contributed by atoms with Crippen LogP contribution in [0, 0.1) is 11.3 Å². The van der Waals surface area contributed by atoms with Gasteiger partial charge in [-0.15, -0.1) is 0 Å². The molecule has 0 aliphatic rings. The highest BCUT2D eigenvalue weighted by molar-refractivity contribution is 5.93. The summed E-state index contributed by atoms with van der Waals surface area (Å²) in [6, 6.07) is 8.72. The van der Waals surface area contributed by atoms with Crippen molar-refractivity contribution in [1.29, 1.82) is 5.26 Å². The lowest BCUT2D eigenvalue weighted by Gasteiger charge is -2.13. The van der Waals surface area contributed by atoms with E-state index in [1.165, 1.54) is 0 Å². The fourth-order valence-corrected chi connectivity index (χ4v) is 1.58. The van der Waals surface area contributed by atoms with Crippen LogP contribution < -0.4 is 5.32 Å². The molecule has 0 aromatic heterocycles. The van der Waals surface area contributed by atoms with Gasteiger partial charge in [-0.05, 0) is 37.6 Å². The molecule has 1 unspecified atom stereocenters. The van der Waals surface area contributed by atoms with Gasteiger partial charge >= 0.3 is 0 Å². The molecule has 0 radical (unpaired) electrons. The SMILES string of the molecule is CCCCOCCOC(C)C(=O)Nc1ccc(C#N)cc1. The number of rotatable bonds is 9. The summed E-state index contributed by atoms with van der Waals surface area (Å²) in [5.41, 5.74) is 1.20. The average molecular weight is 290 g/mol. The van der Waals surface area contributed by atoms with Crippen molar-refractivity contribution in [1.82, 2.24) is 0 Å². The number of benzene rings is 1. The fraction of sp³-hybridized carbons (Fsp3) is 0.500. The van der Waals surface area contributed by atoms with Crippen LogP contribution in [-0.2, 0) is 14.3 Å². The Kier molecular flexibility index (Phi) is 8.10. The Morgan fingerprint density at radius 1 is 1.29 bits per heavy atom. The van der Waals surface area contributed by atoms with E-state index in [0.717, 1.165) is 19.4 Å². The normalized spacial score (nSPS) is 11.7. The number of carbonyl (C=O) groups excluding carboxylic acids is 1. The summed E-state index contributed by atoms with van der Waals surface area (Å²) in [4.78, 5) is 11.9. The lowest BCUT2D eigenvalue weighted by molar-refractivity contribution is -0.127. The van der Waals surface area contributed by atoms with Crippen molar-refractivity contribution in [3.05, 3.63) is 29.8 Å². The number of amides is 1. The van der Waals surface area contributed by atoms with Crippen LogP contribution in [-0.4, -0.2) is 31.8 Å². The third kappa shape index (κ3) is 6.89. The number of nitrogens with zero attached hydrogens (tertiary/aromatic N) is 1. The minimum atomic E-state index is -0.546. The van der Waals surface area contributed by atoms with E-state index in [0.29, 0.717) is 24.5 Å². The zero-order valence-corrected chi connectivity index (χ0v) is 12.6. The molecular weight excluding hydrogens is 268 g/mol. The zero-order valence-electron chi connectivity index (χ0n) is 12.6. The van der Waals surface area contributed by atoms with Gasteiger partial charge in [0.15, 0.2) is 0 Å². The van der Waals surface area contributed by atoms with Crippen molar-refractivity contribution < 1.29 is 14.3 Å². The van der Waals surface area contributed by atoms with Crippen molar-refractivity contribution >= 4 is 11.6 Å². The summed E-state index contributed by atoms with van der Waals surface area (Å²) >= 11 is 0. The molecule has 0 bridgehead atoms. The molecule has 1 amide bonds. The first-order chi connectivity index (χ1) is 10.2. The van der Waals surface area contributed by atoms with Crippen LogP contribution in [0.5, 0.6) is 0 Å². The van der Waals surface area contributed by atoms with E-state index in [1.807, 2.05) is 6.07 Å². The molecular formula is C16H22N2O3. The minimum Gasteiger partial charge on any atom is -0.379 e. The number of nitrogens with one attached hydrogen (secondary N) is 1. The van der Waals surface area contributed by atoms with Crippen LogP contribution in [0.25, 0.3) is 0 Å². The van der Waals surface area contributed by atoms with Gasteiger partial charge in [-0.1, -0.05) is 13.3 Å². The van der Waals surface area contributed by atoms with E-state index >= 15 is 0 Å². The van der Waals surface area contributed by atoms with Crippen molar-refractivity contribution in [2.24, 2.45) is 0 Å². The van der Waals surface area contributed by atoms with Gasteiger partial charge in [0.05, 0.1) is 24.8 Å². The molecule has 114 valence electrons. The van der Waals surface area contributed by atoms with Gasteiger partial charge in [-0.3, -0.25) is 4.79 Å². The summed E-state index contributed by atoms with van der Waals surface area (Å²) in [6.07, 6.45) is 1.59. The maximum absolute atomic E-state index is 11.9. The van der Waals surface area contributed by atoms with Crippen LogP contribution in [0.2, 0.25) is 0 Å². The molecule has 0 saturated carbocycles. The number of ether oxygens (including phenoxy) is 2. The van der Waals surface area contributed by atoms with E-state index in [4.69, 9.17) is 14.7 Å². The van der Waals surface area contributed by atoms with E-state index in [9.17, 15) is 4.79 Å². The van der Waals surface area contributed by atoms with Gasteiger partial charge in [-0.2, -0.15) is 5.26 Å². The highest BCUT2D eigenvalue weighted by atomic mass is 16.5. The topological polar surface area (TPSA) is 71.3 Å². The predicted molar refractivity (Wildman–Crippen MR) is 80.9 cm³/mol. The quantitative estimate of drug-likeness (QED) is 0.710. The predicted octanol–water partition coefficient (Wildman–Crippen LogP) is 2.72. The van der Waals surface area contributed by atoms with E-state index in [2.05, 4.69) is 12.2 Å². The van der Waals surface area contributed by atoms with E-state index in [-0.39, 0.29) is 5.91 Å². The first-order valence-corrected chi connectivity index (χ1v) is 7.17. The number of carbonyl (C=O) groups is 1. The third-order valence-electron chi connectivity index (χ3n) is 2.89. The molecule has 1 atom stereocenters. The first-order valence-electron chi connectivity index (χ1n) is 7.17. The summed E-state index contributed by atoms with van der Waals surface area (Å²) in [7, 11) is 0. The van der Waals surface area contributed by atoms with Gasteiger partial charge < -0.3 is 14.8 Å². The molecule has 0 saturated heterocycles. The molecule has 5 heteroatoms. The third-order valence-corrected chi connectivity index (χ3v) is 2.89. The van der Waals surface area contributed by atoms with Gasteiger partial charge in [0.25, 0.3) is 5.91 Å². The van der Waals surface area contributed by atoms with Crippen molar-refractivity contribution in [2.75, 3.05) is 25.1 Å². The Morgan fingerprint density at radius 2 is 2.00 bits per heavy atom. The second-order valence-corrected chi connectivity index (χ2v) is 4.66. The van der Waals surface area contributed by atoms with Crippen molar-refractivity contribution in [3.63, 3.8) is 0 Å². The Bertz CT molecular complexity index is 465. The van der Waals surface area contributed by atoms with Crippen molar-refractivity contribution in [3.8, 4) is 6.07 Å². The summed E-state index contributed by atoms with van der Waals surface area (Å²) in [5.74, 6) is -0.215. The maximum Gasteiger partial charge on any atom is 0.253 e. The molecule has 0 spiro atoms. The molecule has 0 aliphatic carbocycles. The van der Waals surface area contributed by atoms with Crippen LogP contribution in [0.15, 0.2) is 24.3 Å². The molecule has 1 rings (SSSR count). The van der Waals surface area contributed by atoms with E-state index < -0.39 is 6.10 Å². The maximum atomic E-state index is 11.9. The molecule has 0 fully saturated rings. The number of anilines is 1. The van der Waals surface area contributed by atoms with Crippen LogP contribution >= 0.6 is 0 Å². The highest BCUT2D eigenvalue weighted by Gasteiger charge is 2.13. The second-order valence-electron chi connectivity index (χ2n) is 4.66. The Labute approximate surface area is 125 Å². The monoisotopic (exact) mass is 290 g/mol. The lowest BCUT2D eigenvalue weighted by atomic mass is 10.2. The first kappa shape index (κ1) is 17.2. The standard InChI is InChI=1S/C16H22N2O3/c1-3-4-9-20-10-11-21-13(2)16(19)18-15-7-5-14(12-17)6-8-15/h5-8,13H,3-4,9-11H2,1-2H3,(H,18,19). The molecule has 1 N–H and O–H groups in total. The molecule has 0 aliphatic heterocycles. The average Bonchev–Trinajstić information content (AvgIpc) is 2.51. The molecule has 5 nitrogen and oxygen atoms in total. The Morgan fingerprint density at radius 3 is 2.62 bits per heavy atom. The number of unbranched alkanes of at least 4 members (excludes halogenated alkanes) is 1. The summed E-state index contributed by atoms with van der Waals surface area (Å²) in [5, 5.41) is 11.4.